The molecule has 28 heavy (non-hydrogen) atoms. The molecule has 1 heterocycles. The van der Waals surface area contributed by atoms with Gasteiger partial charge < -0.3 is 9.47 Å². The lowest BCUT2D eigenvalue weighted by Gasteiger charge is -2.16. The first-order valence-corrected chi connectivity index (χ1v) is 9.13. The lowest BCUT2D eigenvalue weighted by molar-refractivity contribution is 0.415. The van der Waals surface area contributed by atoms with E-state index in [1.165, 1.54) is 0 Å². The molecule has 138 valence electrons. The van der Waals surface area contributed by atoms with Crippen LogP contribution in [0.15, 0.2) is 91.1 Å². The summed E-state index contributed by atoms with van der Waals surface area (Å²) >= 11 is 0. The normalized spacial score (nSPS) is 10.5. The average Bonchev–Trinajstić information content (AvgIpc) is 2.79. The second-order valence-corrected chi connectivity index (χ2v) is 6.40. The Morgan fingerprint density at radius 1 is 0.571 bits per heavy atom. The van der Waals surface area contributed by atoms with Gasteiger partial charge in [-0.05, 0) is 58.7 Å². The molecule has 0 saturated carbocycles. The van der Waals surface area contributed by atoms with Crippen LogP contribution in [0.25, 0.3) is 33.5 Å². The molecule has 0 bridgehead atoms. The Labute approximate surface area is 165 Å². The van der Waals surface area contributed by atoms with Crippen molar-refractivity contribution >= 4 is 0 Å². The lowest BCUT2D eigenvalue weighted by Crippen LogP contribution is -1.93. The van der Waals surface area contributed by atoms with Crippen LogP contribution >= 0.6 is 0 Å². The summed E-state index contributed by atoms with van der Waals surface area (Å²) in [6, 6.07) is 28.6. The van der Waals surface area contributed by atoms with Gasteiger partial charge in [-0.1, -0.05) is 48.5 Å². The second-order valence-electron chi connectivity index (χ2n) is 6.40. The molecule has 0 radical (unpaired) electrons. The lowest BCUT2D eigenvalue weighted by atomic mass is 9.89. The smallest absolute Gasteiger partial charge is 0.118 e. The number of hydrogen-bond acceptors (Lipinski definition) is 3. The largest absolute Gasteiger partial charge is 0.497 e. The van der Waals surface area contributed by atoms with Crippen LogP contribution < -0.4 is 9.47 Å². The molecule has 0 N–H and O–H groups in total. The van der Waals surface area contributed by atoms with Gasteiger partial charge in [-0.15, -0.1) is 0 Å². The zero-order chi connectivity index (χ0) is 19.3. The molecule has 3 aromatic carbocycles. The van der Waals surface area contributed by atoms with Crippen LogP contribution in [0.4, 0.5) is 0 Å². The first-order chi connectivity index (χ1) is 13.8. The summed E-state index contributed by atoms with van der Waals surface area (Å²) in [4.78, 5) is 4.64. The molecule has 3 heteroatoms. The van der Waals surface area contributed by atoms with Crippen LogP contribution in [0.3, 0.4) is 0 Å². The Morgan fingerprint density at radius 2 is 1.11 bits per heavy atom. The predicted octanol–water partition coefficient (Wildman–Crippen LogP) is 6.10. The van der Waals surface area contributed by atoms with E-state index in [9.17, 15) is 0 Å². The third-order valence-corrected chi connectivity index (χ3v) is 4.79. The molecule has 0 spiro atoms. The third-order valence-electron chi connectivity index (χ3n) is 4.79. The minimum absolute atomic E-state index is 0.842. The van der Waals surface area contributed by atoms with E-state index in [1.54, 1.807) is 14.2 Å². The number of benzene rings is 3. The van der Waals surface area contributed by atoms with Gasteiger partial charge in [0.2, 0.25) is 0 Å². The summed E-state index contributed by atoms with van der Waals surface area (Å²) in [5, 5.41) is 0. The van der Waals surface area contributed by atoms with E-state index < -0.39 is 0 Å². The van der Waals surface area contributed by atoms with Crippen LogP contribution in [0.5, 0.6) is 11.5 Å². The molecule has 0 fully saturated rings. The average molecular weight is 367 g/mol. The van der Waals surface area contributed by atoms with Crippen molar-refractivity contribution in [1.82, 2.24) is 4.98 Å². The summed E-state index contributed by atoms with van der Waals surface area (Å²) < 4.78 is 10.6. The zero-order valence-electron chi connectivity index (χ0n) is 15.9. The quantitative estimate of drug-likeness (QED) is 0.427. The SMILES string of the molecule is COc1ccc(-c2cccc(-c3ccc(OC)cc3)c2-c2ccccn2)cc1. The fourth-order valence-corrected chi connectivity index (χ4v) is 3.36. The van der Waals surface area contributed by atoms with Crippen LogP contribution in [0, 0.1) is 0 Å². The van der Waals surface area contributed by atoms with Crippen molar-refractivity contribution in [3.05, 3.63) is 91.1 Å². The Balaban J connectivity index is 1.93. The van der Waals surface area contributed by atoms with Crippen molar-refractivity contribution in [3.8, 4) is 45.0 Å². The monoisotopic (exact) mass is 367 g/mol. The van der Waals surface area contributed by atoms with Crippen LogP contribution in [0.2, 0.25) is 0 Å². The number of hydrogen-bond donors (Lipinski definition) is 0. The molecular formula is C25H21NO2. The molecule has 0 aliphatic heterocycles. The number of rotatable bonds is 5. The molecule has 0 aliphatic rings. The standard InChI is InChI=1S/C25H21NO2/c1-27-20-13-9-18(10-14-20)22-6-5-7-23(19-11-15-21(28-2)16-12-19)25(22)24-8-3-4-17-26-24/h3-17H,1-2H3. The van der Waals surface area contributed by atoms with Crippen molar-refractivity contribution in [1.29, 1.82) is 0 Å². The van der Waals surface area contributed by atoms with Crippen molar-refractivity contribution in [2.45, 2.75) is 0 Å². The highest BCUT2D eigenvalue weighted by Crippen LogP contribution is 2.39. The highest BCUT2D eigenvalue weighted by molar-refractivity contribution is 5.93. The van der Waals surface area contributed by atoms with E-state index in [2.05, 4.69) is 53.5 Å². The highest BCUT2D eigenvalue weighted by Gasteiger charge is 2.15. The Kier molecular flexibility index (Phi) is 5.07. The van der Waals surface area contributed by atoms with Gasteiger partial charge in [0.05, 0.1) is 19.9 Å². The van der Waals surface area contributed by atoms with Gasteiger partial charge >= 0.3 is 0 Å². The van der Waals surface area contributed by atoms with Crippen LogP contribution in [-0.4, -0.2) is 19.2 Å². The van der Waals surface area contributed by atoms with E-state index >= 15 is 0 Å². The van der Waals surface area contributed by atoms with Gasteiger partial charge in [-0.25, -0.2) is 0 Å². The van der Waals surface area contributed by atoms with Crippen molar-refractivity contribution in [2.24, 2.45) is 0 Å². The first kappa shape index (κ1) is 17.8. The zero-order valence-corrected chi connectivity index (χ0v) is 15.9. The van der Waals surface area contributed by atoms with Gasteiger partial charge in [-0.3, -0.25) is 4.98 Å². The maximum Gasteiger partial charge on any atom is 0.118 e. The molecule has 0 unspecified atom stereocenters. The molecule has 3 nitrogen and oxygen atoms in total. The van der Waals surface area contributed by atoms with E-state index in [1.807, 2.05) is 42.6 Å². The second kappa shape index (κ2) is 7.97. The van der Waals surface area contributed by atoms with E-state index in [-0.39, 0.29) is 0 Å². The molecule has 0 aliphatic carbocycles. The fraction of sp³-hybridized carbons (Fsp3) is 0.0800. The van der Waals surface area contributed by atoms with Crippen molar-refractivity contribution in [2.75, 3.05) is 14.2 Å². The van der Waals surface area contributed by atoms with Crippen LogP contribution in [0.1, 0.15) is 0 Å². The number of nitrogens with zero attached hydrogens (tertiary/aromatic N) is 1. The maximum absolute atomic E-state index is 5.31. The number of methoxy groups -OCH3 is 2. The molecule has 0 amide bonds. The molecule has 4 rings (SSSR count). The molecule has 1 aromatic heterocycles. The van der Waals surface area contributed by atoms with Crippen molar-refractivity contribution in [3.63, 3.8) is 0 Å². The Morgan fingerprint density at radius 3 is 1.54 bits per heavy atom. The molecule has 0 saturated heterocycles. The van der Waals surface area contributed by atoms with Gasteiger partial charge in [0.25, 0.3) is 0 Å². The van der Waals surface area contributed by atoms with E-state index in [4.69, 9.17) is 9.47 Å². The van der Waals surface area contributed by atoms with Gasteiger partial charge in [0, 0.05) is 11.8 Å². The van der Waals surface area contributed by atoms with Gasteiger partial charge in [0.1, 0.15) is 11.5 Å². The van der Waals surface area contributed by atoms with Crippen LogP contribution in [-0.2, 0) is 0 Å². The van der Waals surface area contributed by atoms with Gasteiger partial charge in [-0.2, -0.15) is 0 Å². The topological polar surface area (TPSA) is 31.4 Å². The number of aromatic nitrogens is 1. The van der Waals surface area contributed by atoms with E-state index in [0.717, 1.165) is 45.0 Å². The number of pyridine rings is 1. The fourth-order valence-electron chi connectivity index (χ4n) is 3.36. The summed E-state index contributed by atoms with van der Waals surface area (Å²) in [7, 11) is 3.36. The minimum Gasteiger partial charge on any atom is -0.497 e. The number of ether oxygens (including phenoxy) is 2. The molecule has 4 aromatic rings. The summed E-state index contributed by atoms with van der Waals surface area (Å²) in [5.74, 6) is 1.68. The molecule has 0 atom stereocenters. The highest BCUT2D eigenvalue weighted by atomic mass is 16.5. The summed E-state index contributed by atoms with van der Waals surface area (Å²) in [6.45, 7) is 0. The van der Waals surface area contributed by atoms with Gasteiger partial charge in [0.15, 0.2) is 0 Å². The first-order valence-electron chi connectivity index (χ1n) is 9.13. The predicted molar refractivity (Wildman–Crippen MR) is 114 cm³/mol. The maximum atomic E-state index is 5.31. The molecular weight excluding hydrogens is 346 g/mol. The third kappa shape index (κ3) is 3.47. The van der Waals surface area contributed by atoms with Crippen molar-refractivity contribution < 1.29 is 9.47 Å². The Bertz CT molecular complexity index is 990. The minimum atomic E-state index is 0.842. The summed E-state index contributed by atoms with van der Waals surface area (Å²) in [5.41, 5.74) is 6.57. The Hall–Kier alpha value is -3.59. The van der Waals surface area contributed by atoms with E-state index in [0.29, 0.717) is 0 Å². The summed E-state index contributed by atoms with van der Waals surface area (Å²) in [6.07, 6.45) is 1.83.